The van der Waals surface area contributed by atoms with E-state index >= 15 is 0 Å². The smallest absolute Gasteiger partial charge is 0.113 e. The Morgan fingerprint density at radius 3 is 2.74 bits per heavy atom. The Labute approximate surface area is 114 Å². The Kier molecular flexibility index (Phi) is 4.08. The molecule has 3 rings (SSSR count). The number of fused-ring (bicyclic) bond motifs is 1. The first-order valence-corrected chi connectivity index (χ1v) is 7.45. The lowest BCUT2D eigenvalue weighted by Gasteiger charge is -2.15. The van der Waals surface area contributed by atoms with Crippen molar-refractivity contribution in [3.05, 3.63) is 24.3 Å². The van der Waals surface area contributed by atoms with Gasteiger partial charge < -0.3 is 5.32 Å². The van der Waals surface area contributed by atoms with Gasteiger partial charge in [-0.05, 0) is 25.0 Å². The summed E-state index contributed by atoms with van der Waals surface area (Å²) in [7, 11) is 0. The number of hydrogen-bond acceptors (Lipinski definition) is 3. The molecule has 1 aromatic heterocycles. The highest BCUT2D eigenvalue weighted by atomic mass is 15.4. The molecular formula is C15H22N4. The van der Waals surface area contributed by atoms with Crippen LogP contribution in [0.1, 0.15) is 38.5 Å². The minimum absolute atomic E-state index is 0.706. The van der Waals surface area contributed by atoms with E-state index in [1.165, 1.54) is 38.5 Å². The van der Waals surface area contributed by atoms with Gasteiger partial charge in [0.1, 0.15) is 5.52 Å². The zero-order chi connectivity index (χ0) is 12.9. The third-order valence-electron chi connectivity index (χ3n) is 4.03. The summed E-state index contributed by atoms with van der Waals surface area (Å²) in [5.41, 5.74) is 2.11. The highest BCUT2D eigenvalue weighted by Crippen LogP contribution is 2.17. The van der Waals surface area contributed by atoms with Crippen LogP contribution in [0, 0.1) is 0 Å². The number of benzene rings is 1. The Hall–Kier alpha value is -1.42. The molecule has 0 aliphatic heterocycles. The molecular weight excluding hydrogens is 236 g/mol. The highest BCUT2D eigenvalue weighted by Gasteiger charge is 2.11. The van der Waals surface area contributed by atoms with E-state index in [2.05, 4.69) is 21.7 Å². The lowest BCUT2D eigenvalue weighted by Crippen LogP contribution is -2.31. The lowest BCUT2D eigenvalue weighted by atomic mass is 10.1. The summed E-state index contributed by atoms with van der Waals surface area (Å²) in [5, 5.41) is 12.1. The minimum Gasteiger partial charge on any atom is -0.312 e. The van der Waals surface area contributed by atoms with E-state index in [1.54, 1.807) is 0 Å². The molecule has 1 aliphatic carbocycles. The van der Waals surface area contributed by atoms with Crippen LogP contribution >= 0.6 is 0 Å². The van der Waals surface area contributed by atoms with Crippen LogP contribution in [0.2, 0.25) is 0 Å². The average Bonchev–Trinajstić information content (AvgIpc) is 2.68. The highest BCUT2D eigenvalue weighted by molar-refractivity contribution is 5.73. The summed E-state index contributed by atoms with van der Waals surface area (Å²) in [4.78, 5) is 0. The maximum absolute atomic E-state index is 4.22. The molecule has 1 N–H and O–H groups in total. The first kappa shape index (κ1) is 12.6. The Balaban J connectivity index is 1.54. The van der Waals surface area contributed by atoms with Gasteiger partial charge in [-0.15, -0.1) is 5.10 Å². The second kappa shape index (κ2) is 6.15. The summed E-state index contributed by atoms with van der Waals surface area (Å²) in [6, 6.07) is 8.85. The van der Waals surface area contributed by atoms with E-state index in [-0.39, 0.29) is 0 Å². The van der Waals surface area contributed by atoms with E-state index in [4.69, 9.17) is 0 Å². The van der Waals surface area contributed by atoms with Gasteiger partial charge in [-0.3, -0.25) is 0 Å². The molecule has 0 bridgehead atoms. The Morgan fingerprint density at radius 2 is 1.89 bits per heavy atom. The molecule has 0 saturated heterocycles. The molecule has 1 saturated carbocycles. The topological polar surface area (TPSA) is 42.7 Å². The summed E-state index contributed by atoms with van der Waals surface area (Å²) < 4.78 is 2.00. The van der Waals surface area contributed by atoms with Crippen molar-refractivity contribution in [1.29, 1.82) is 0 Å². The zero-order valence-electron chi connectivity index (χ0n) is 11.4. The van der Waals surface area contributed by atoms with E-state index in [0.29, 0.717) is 6.04 Å². The lowest BCUT2D eigenvalue weighted by molar-refractivity contribution is 0.437. The quantitative estimate of drug-likeness (QED) is 0.857. The van der Waals surface area contributed by atoms with E-state index in [0.717, 1.165) is 24.1 Å². The molecule has 4 nitrogen and oxygen atoms in total. The largest absolute Gasteiger partial charge is 0.312 e. The van der Waals surface area contributed by atoms with Crippen LogP contribution in [0.15, 0.2) is 24.3 Å². The first-order valence-electron chi connectivity index (χ1n) is 7.45. The molecule has 1 heterocycles. The molecule has 19 heavy (non-hydrogen) atoms. The number of rotatable bonds is 4. The van der Waals surface area contributed by atoms with Gasteiger partial charge in [-0.1, -0.05) is 43.0 Å². The van der Waals surface area contributed by atoms with Crippen LogP contribution in [0.5, 0.6) is 0 Å². The van der Waals surface area contributed by atoms with Crippen molar-refractivity contribution in [1.82, 2.24) is 20.3 Å². The van der Waals surface area contributed by atoms with Crippen molar-refractivity contribution in [3.8, 4) is 0 Å². The molecule has 0 radical (unpaired) electrons. The van der Waals surface area contributed by atoms with Crippen molar-refractivity contribution >= 4 is 11.0 Å². The van der Waals surface area contributed by atoms with Crippen LogP contribution in [-0.4, -0.2) is 27.6 Å². The normalized spacial score (nSPS) is 17.7. The van der Waals surface area contributed by atoms with Gasteiger partial charge in [0.25, 0.3) is 0 Å². The van der Waals surface area contributed by atoms with Crippen molar-refractivity contribution in [2.45, 2.75) is 51.1 Å². The standard InChI is InChI=1S/C15H22N4/c1-2-4-8-13(7-3-1)16-11-12-19-15-10-6-5-9-14(15)17-18-19/h5-6,9-10,13,16H,1-4,7-8,11-12H2. The van der Waals surface area contributed by atoms with Gasteiger partial charge in [0, 0.05) is 12.6 Å². The van der Waals surface area contributed by atoms with Crippen molar-refractivity contribution in [3.63, 3.8) is 0 Å². The number of nitrogens with zero attached hydrogens (tertiary/aromatic N) is 3. The number of para-hydroxylation sites is 1. The zero-order valence-corrected chi connectivity index (χ0v) is 11.4. The Bertz CT molecular complexity index is 512. The third kappa shape index (κ3) is 3.13. The fourth-order valence-electron chi connectivity index (χ4n) is 2.94. The molecule has 0 atom stereocenters. The molecule has 0 spiro atoms. The summed E-state index contributed by atoms with van der Waals surface area (Å²) in [6.45, 7) is 1.88. The predicted molar refractivity (Wildman–Crippen MR) is 77.0 cm³/mol. The van der Waals surface area contributed by atoms with Gasteiger partial charge in [-0.25, -0.2) is 4.68 Å². The van der Waals surface area contributed by atoms with Gasteiger partial charge >= 0.3 is 0 Å². The molecule has 4 heteroatoms. The van der Waals surface area contributed by atoms with Gasteiger partial charge in [0.2, 0.25) is 0 Å². The van der Waals surface area contributed by atoms with Crippen molar-refractivity contribution in [2.24, 2.45) is 0 Å². The minimum atomic E-state index is 0.706. The second-order valence-corrected chi connectivity index (χ2v) is 5.44. The molecule has 1 aromatic carbocycles. The molecule has 1 aliphatic rings. The fourth-order valence-corrected chi connectivity index (χ4v) is 2.94. The van der Waals surface area contributed by atoms with E-state index in [9.17, 15) is 0 Å². The molecule has 0 unspecified atom stereocenters. The van der Waals surface area contributed by atoms with Crippen LogP contribution < -0.4 is 5.32 Å². The molecule has 1 fully saturated rings. The molecule has 0 amide bonds. The monoisotopic (exact) mass is 258 g/mol. The van der Waals surface area contributed by atoms with Crippen LogP contribution in [0.25, 0.3) is 11.0 Å². The first-order chi connectivity index (χ1) is 9.43. The van der Waals surface area contributed by atoms with E-state index in [1.807, 2.05) is 22.9 Å². The van der Waals surface area contributed by atoms with Gasteiger partial charge in [-0.2, -0.15) is 0 Å². The van der Waals surface area contributed by atoms with Crippen LogP contribution in [-0.2, 0) is 6.54 Å². The number of aromatic nitrogens is 3. The summed E-state index contributed by atoms with van der Waals surface area (Å²) in [5.74, 6) is 0. The van der Waals surface area contributed by atoms with Gasteiger partial charge in [0.15, 0.2) is 0 Å². The van der Waals surface area contributed by atoms with Crippen molar-refractivity contribution in [2.75, 3.05) is 6.54 Å². The van der Waals surface area contributed by atoms with Gasteiger partial charge in [0.05, 0.1) is 12.1 Å². The van der Waals surface area contributed by atoms with E-state index < -0.39 is 0 Å². The van der Waals surface area contributed by atoms with Crippen LogP contribution in [0.3, 0.4) is 0 Å². The molecule has 2 aromatic rings. The second-order valence-electron chi connectivity index (χ2n) is 5.44. The molecule has 102 valence electrons. The maximum atomic E-state index is 4.22. The average molecular weight is 258 g/mol. The summed E-state index contributed by atoms with van der Waals surface area (Å²) >= 11 is 0. The summed E-state index contributed by atoms with van der Waals surface area (Å²) in [6.07, 6.45) is 8.24. The number of nitrogens with one attached hydrogen (secondary N) is 1. The predicted octanol–water partition coefficient (Wildman–Crippen LogP) is 2.74. The number of hydrogen-bond donors (Lipinski definition) is 1. The third-order valence-corrected chi connectivity index (χ3v) is 4.03. The Morgan fingerprint density at radius 1 is 1.11 bits per heavy atom. The fraction of sp³-hybridized carbons (Fsp3) is 0.600. The van der Waals surface area contributed by atoms with Crippen molar-refractivity contribution < 1.29 is 0 Å². The maximum Gasteiger partial charge on any atom is 0.113 e. The van der Waals surface area contributed by atoms with Crippen LogP contribution in [0.4, 0.5) is 0 Å². The SMILES string of the molecule is c1ccc2c(c1)nnn2CCNC1CCCCCC1.